The third kappa shape index (κ3) is 2.17. The average molecular weight is 146 g/mol. The fourth-order valence-corrected chi connectivity index (χ4v) is 0.672. The average Bonchev–Trinajstić information content (AvgIpc) is 1.88. The number of hydrogen-bond acceptors (Lipinski definition) is 1. The van der Waals surface area contributed by atoms with Crippen LogP contribution >= 0.6 is 0 Å². The Hall–Kier alpha value is -0.860. The van der Waals surface area contributed by atoms with Gasteiger partial charge in [0.05, 0.1) is 5.57 Å². The van der Waals surface area contributed by atoms with Crippen molar-refractivity contribution in [2.75, 3.05) is 0 Å². The van der Waals surface area contributed by atoms with Crippen LogP contribution in [0.3, 0.4) is 0 Å². The predicted octanol–water partition coefficient (Wildman–Crippen LogP) is 2.11. The van der Waals surface area contributed by atoms with Crippen LogP contribution in [-0.2, 0) is 4.79 Å². The molecule has 0 aliphatic rings. The zero-order valence-electron chi connectivity index (χ0n) is 6.15. The molecule has 0 aliphatic carbocycles. The summed E-state index contributed by atoms with van der Waals surface area (Å²) in [5.74, 6) is -1.67. The van der Waals surface area contributed by atoms with Gasteiger partial charge in [0.15, 0.2) is 0 Å². The number of allylic oxidation sites excluding steroid dienone is 1. The van der Waals surface area contributed by atoms with Gasteiger partial charge < -0.3 is 5.11 Å². The number of carboxylic acid groups (broad SMARTS) is 1. The van der Waals surface area contributed by atoms with E-state index in [9.17, 15) is 9.18 Å². The minimum Gasteiger partial charge on any atom is -0.478 e. The first-order chi connectivity index (χ1) is 4.63. The summed E-state index contributed by atoms with van der Waals surface area (Å²) in [7, 11) is 0. The summed E-state index contributed by atoms with van der Waals surface area (Å²) >= 11 is 0. The maximum Gasteiger partial charge on any atom is 0.334 e. The van der Waals surface area contributed by atoms with Gasteiger partial charge in [-0.25, -0.2) is 9.18 Å². The van der Waals surface area contributed by atoms with Crippen molar-refractivity contribution in [3.8, 4) is 0 Å². The Morgan fingerprint density at radius 3 is 2.00 bits per heavy atom. The van der Waals surface area contributed by atoms with Crippen molar-refractivity contribution in [1.29, 1.82) is 0 Å². The maximum absolute atomic E-state index is 12.5. The topological polar surface area (TPSA) is 37.3 Å². The van der Waals surface area contributed by atoms with Crippen LogP contribution < -0.4 is 0 Å². The molecular weight excluding hydrogens is 135 g/mol. The van der Waals surface area contributed by atoms with Crippen LogP contribution in [0.15, 0.2) is 11.4 Å². The molecule has 0 aromatic carbocycles. The molecule has 0 aliphatic heterocycles. The molecule has 0 saturated heterocycles. The van der Waals surface area contributed by atoms with Crippen molar-refractivity contribution >= 4 is 5.97 Å². The fourth-order valence-electron chi connectivity index (χ4n) is 0.672. The molecule has 1 N–H and O–H groups in total. The van der Waals surface area contributed by atoms with E-state index < -0.39 is 11.8 Å². The first-order valence-electron chi connectivity index (χ1n) is 3.24. The van der Waals surface area contributed by atoms with E-state index in [4.69, 9.17) is 5.11 Å². The molecule has 0 fully saturated rings. The molecule has 0 rings (SSSR count). The molecule has 58 valence electrons. The van der Waals surface area contributed by atoms with Crippen LogP contribution in [0.25, 0.3) is 0 Å². The zero-order chi connectivity index (χ0) is 8.15. The lowest BCUT2D eigenvalue weighted by atomic mass is 10.1. The molecule has 0 unspecified atom stereocenters. The van der Waals surface area contributed by atoms with Gasteiger partial charge in [0.25, 0.3) is 0 Å². The van der Waals surface area contributed by atoms with Gasteiger partial charge in [-0.3, -0.25) is 0 Å². The van der Waals surface area contributed by atoms with Gasteiger partial charge in [-0.1, -0.05) is 13.8 Å². The van der Waals surface area contributed by atoms with Crippen molar-refractivity contribution in [2.24, 2.45) is 0 Å². The van der Waals surface area contributed by atoms with E-state index in [1.807, 2.05) is 0 Å². The lowest BCUT2D eigenvalue weighted by Gasteiger charge is -1.97. The van der Waals surface area contributed by atoms with E-state index in [-0.39, 0.29) is 18.4 Å². The van der Waals surface area contributed by atoms with E-state index in [0.29, 0.717) is 0 Å². The van der Waals surface area contributed by atoms with Crippen LogP contribution in [-0.4, -0.2) is 11.1 Å². The number of carboxylic acids is 1. The molecule has 0 saturated carbocycles. The summed E-state index contributed by atoms with van der Waals surface area (Å²) in [6.07, 6.45) is 0.407. The Labute approximate surface area is 59.4 Å². The number of rotatable bonds is 3. The van der Waals surface area contributed by atoms with E-state index in [0.717, 1.165) is 0 Å². The Bertz CT molecular complexity index is 161. The molecular formula is C7H11FO2. The highest BCUT2D eigenvalue weighted by Crippen LogP contribution is 2.13. The molecule has 0 atom stereocenters. The van der Waals surface area contributed by atoms with Crippen LogP contribution in [0.4, 0.5) is 4.39 Å². The molecule has 0 heterocycles. The lowest BCUT2D eigenvalue weighted by molar-refractivity contribution is -0.132. The predicted molar refractivity (Wildman–Crippen MR) is 36.4 cm³/mol. The summed E-state index contributed by atoms with van der Waals surface area (Å²) < 4.78 is 12.5. The van der Waals surface area contributed by atoms with Crippen LogP contribution in [0.5, 0.6) is 0 Å². The molecule has 0 aromatic rings. The Kier molecular flexibility index (Phi) is 3.69. The highest BCUT2D eigenvalue weighted by molar-refractivity contribution is 5.86. The summed E-state index contributed by atoms with van der Waals surface area (Å²) in [6, 6.07) is 0. The molecule has 10 heavy (non-hydrogen) atoms. The molecule has 3 heteroatoms. The normalized spacial score (nSPS) is 12.7. The molecule has 0 spiro atoms. The van der Waals surface area contributed by atoms with Gasteiger partial charge in [0, 0.05) is 0 Å². The fraction of sp³-hybridized carbons (Fsp3) is 0.571. The smallest absolute Gasteiger partial charge is 0.334 e. The van der Waals surface area contributed by atoms with Gasteiger partial charge >= 0.3 is 5.97 Å². The number of halogens is 1. The SMILES string of the molecule is CC/C(F)=C(/CC)C(=O)O. The van der Waals surface area contributed by atoms with Gasteiger partial charge in [-0.2, -0.15) is 0 Å². The Morgan fingerprint density at radius 2 is 1.90 bits per heavy atom. The second kappa shape index (κ2) is 4.04. The third-order valence-corrected chi connectivity index (χ3v) is 1.25. The van der Waals surface area contributed by atoms with Crippen LogP contribution in [0.2, 0.25) is 0 Å². The van der Waals surface area contributed by atoms with E-state index in [2.05, 4.69) is 0 Å². The first kappa shape index (κ1) is 9.14. The largest absolute Gasteiger partial charge is 0.478 e. The number of hydrogen-bond donors (Lipinski definition) is 1. The number of carbonyl (C=O) groups is 1. The van der Waals surface area contributed by atoms with Gasteiger partial charge in [-0.05, 0) is 12.8 Å². The minimum absolute atomic E-state index is 0.109. The standard InChI is InChI=1S/C7H11FO2/c1-3-5(7(9)10)6(8)4-2/h3-4H2,1-2H3,(H,9,10)/b6-5+. The first-order valence-corrected chi connectivity index (χ1v) is 3.24. The van der Waals surface area contributed by atoms with Crippen LogP contribution in [0, 0.1) is 0 Å². The van der Waals surface area contributed by atoms with Crippen molar-refractivity contribution in [1.82, 2.24) is 0 Å². The van der Waals surface area contributed by atoms with E-state index >= 15 is 0 Å². The lowest BCUT2D eigenvalue weighted by Crippen LogP contribution is -2.01. The van der Waals surface area contributed by atoms with Gasteiger partial charge in [-0.15, -0.1) is 0 Å². The van der Waals surface area contributed by atoms with Gasteiger partial charge in [0.1, 0.15) is 5.83 Å². The van der Waals surface area contributed by atoms with Crippen LogP contribution in [0.1, 0.15) is 26.7 Å². The van der Waals surface area contributed by atoms with Crippen molar-refractivity contribution in [2.45, 2.75) is 26.7 Å². The number of aliphatic carboxylic acids is 1. The third-order valence-electron chi connectivity index (χ3n) is 1.25. The summed E-state index contributed by atoms with van der Waals surface area (Å²) in [6.45, 7) is 3.21. The summed E-state index contributed by atoms with van der Waals surface area (Å²) in [5, 5.41) is 8.38. The highest BCUT2D eigenvalue weighted by Gasteiger charge is 2.09. The quantitative estimate of drug-likeness (QED) is 0.619. The molecule has 0 radical (unpaired) electrons. The summed E-state index contributed by atoms with van der Waals surface area (Å²) in [4.78, 5) is 10.2. The highest BCUT2D eigenvalue weighted by atomic mass is 19.1. The van der Waals surface area contributed by atoms with E-state index in [1.165, 1.54) is 0 Å². The molecule has 0 aromatic heterocycles. The minimum atomic E-state index is -1.15. The maximum atomic E-state index is 12.5. The van der Waals surface area contributed by atoms with E-state index in [1.54, 1.807) is 13.8 Å². The second-order valence-corrected chi connectivity index (χ2v) is 1.90. The second-order valence-electron chi connectivity index (χ2n) is 1.90. The Morgan fingerprint density at radius 1 is 1.40 bits per heavy atom. The molecule has 0 amide bonds. The Balaban J connectivity index is 4.45. The molecule has 2 nitrogen and oxygen atoms in total. The van der Waals surface area contributed by atoms with Gasteiger partial charge in [0.2, 0.25) is 0 Å². The molecule has 0 bridgehead atoms. The van der Waals surface area contributed by atoms with Crippen molar-refractivity contribution in [3.05, 3.63) is 11.4 Å². The van der Waals surface area contributed by atoms with Crippen molar-refractivity contribution < 1.29 is 14.3 Å². The monoisotopic (exact) mass is 146 g/mol. The van der Waals surface area contributed by atoms with Crippen molar-refractivity contribution in [3.63, 3.8) is 0 Å². The zero-order valence-corrected chi connectivity index (χ0v) is 6.15. The summed E-state index contributed by atoms with van der Waals surface area (Å²) in [5.41, 5.74) is -0.109.